The highest BCUT2D eigenvalue weighted by molar-refractivity contribution is 5.77. The third-order valence-electron chi connectivity index (χ3n) is 21.9. The molecule has 0 aromatic heterocycles. The van der Waals surface area contributed by atoms with Crippen molar-refractivity contribution in [1.29, 1.82) is 0 Å². The van der Waals surface area contributed by atoms with Crippen molar-refractivity contribution in [2.24, 2.45) is 136 Å². The Labute approximate surface area is 877 Å². The number of aliphatic hydroxyl groups excluding tert-OH is 9. The lowest BCUT2D eigenvalue weighted by Gasteiger charge is -2.27. The quantitative estimate of drug-likeness (QED) is 0.0205. The maximum absolute atomic E-state index is 12.3. The van der Waals surface area contributed by atoms with E-state index in [2.05, 4.69) is 186 Å². The third-order valence-corrected chi connectivity index (χ3v) is 21.9. The van der Waals surface area contributed by atoms with Gasteiger partial charge in [0.25, 0.3) is 0 Å². The molecule has 0 saturated carbocycles. The lowest BCUT2D eigenvalue weighted by atomic mass is 9.84. The molecule has 6 atom stereocenters. The molecule has 26 heteroatoms. The summed E-state index contributed by atoms with van der Waals surface area (Å²) in [5, 5.41) is 116. The number of ketones is 1. The minimum atomic E-state index is -2.46. The number of Topliss-reactive ketones (excluding diaryl/α,β-unsaturated/α-hetero) is 1. The molecule has 0 saturated heterocycles. The standard InChI is InChI=1S/C7H17NO.3C7H16O.C7H16.C6H12F2.C6H14O3.2C6H12O2.C6H14.C5H13N.C5H10O2.2C5H12O2.C5H10O2.2C5H12O.C5H10O.2C5H12/c1-6(2)7(9)5-8(3)4;2*1-5-7(4,8)6(2)3;1-4-7(5-8)6(2)3;1-6(2)7(3,4)5;1-4-6(7,8)5(2)3;1-5(2)6(9,3-7)4-8;1-5(2)4-6(7)8-3;1-4-8-6(7)5(2)3;1-5(2)6(3)4;1-5(2)4-6-3;1-4(2)5(6)7-3;2*1-4(2)5(7)3-6;1-4(2)3-5(6)7;1-5(2)4-6-3;1-5(2)3-4-6;1-4(2)5(3)6;2*1-4-5(2)3/h6-7,9H,5H2,1-4H3;2*6,8H,5H2,1-4H3;6-8H,4-5H2,1-3H3;6H,1-5H3;5H,4H2,1-3H3;5,7-9H,3-4H2,1-2H3;2*5H,4H2,1-3H3;5-6H,1-4H3;5-6H,4H2,1-3H3;4H,1-3H3;2*4-7H,3H2,1-2H3;4H,3H2,1-2H3,(H,6,7);5H,4H2,1-3H3;5-6H,3-4H2,1-2H3;4H,1-3H3;2*5H,4H2,1-3H3/t3*7-;;;;;;;;;;2*5-;;;;;;/m110.........10....../s1. The highest BCUT2D eigenvalue weighted by Gasteiger charge is 2.31. The van der Waals surface area contributed by atoms with Gasteiger partial charge in [-0.15, -0.1) is 0 Å². The van der Waals surface area contributed by atoms with Crippen molar-refractivity contribution in [2.75, 3.05) is 108 Å². The summed E-state index contributed by atoms with van der Waals surface area (Å²) in [7, 11) is 10.4. The zero-order valence-electron chi connectivity index (χ0n) is 105. The summed E-state index contributed by atoms with van der Waals surface area (Å²) in [6.45, 7) is 113. The van der Waals surface area contributed by atoms with E-state index in [-0.39, 0.29) is 110 Å². The van der Waals surface area contributed by atoms with Gasteiger partial charge < -0.3 is 95.5 Å². The number of nitrogens with zero attached hydrogens (tertiary/aromatic N) is 1. The van der Waals surface area contributed by atoms with Crippen LogP contribution in [0.2, 0.25) is 0 Å². The number of carboxylic acids is 1. The Bertz CT molecular complexity index is 2300. The van der Waals surface area contributed by atoms with Crippen molar-refractivity contribution in [3.8, 4) is 0 Å². The molecule has 0 aromatic carbocycles. The van der Waals surface area contributed by atoms with Crippen LogP contribution in [0.1, 0.15) is 439 Å². The van der Waals surface area contributed by atoms with Crippen LogP contribution < -0.4 is 5.32 Å². The summed E-state index contributed by atoms with van der Waals surface area (Å²) in [5.41, 5.74) is -1.72. The van der Waals surface area contributed by atoms with Crippen LogP contribution in [0.3, 0.4) is 0 Å². The van der Waals surface area contributed by atoms with Crippen molar-refractivity contribution in [3.05, 3.63) is 0 Å². The zero-order chi connectivity index (χ0) is 118. The van der Waals surface area contributed by atoms with Crippen molar-refractivity contribution in [2.45, 2.75) is 480 Å². The first-order chi connectivity index (χ1) is 63.4. The number of carboxylic acid groups (broad SMARTS) is 1. The van der Waals surface area contributed by atoms with Crippen LogP contribution in [-0.2, 0) is 42.9 Å². The molecule has 0 aromatic rings. The number of methoxy groups -OCH3 is 3. The number of ether oxygens (including phenoxy) is 4. The van der Waals surface area contributed by atoms with Crippen LogP contribution >= 0.6 is 0 Å². The van der Waals surface area contributed by atoms with Gasteiger partial charge >= 0.3 is 23.9 Å². The molecule has 0 aliphatic rings. The van der Waals surface area contributed by atoms with Gasteiger partial charge in [0, 0.05) is 64.6 Å². The number of nitrogens with one attached hydrogen (secondary N) is 1. The fraction of sp³-hybridized carbons (Fsp3) is 0.957. The Morgan fingerprint density at radius 2 is 0.695 bits per heavy atom. The first-order valence-corrected chi connectivity index (χ1v) is 53.5. The number of aliphatic carboxylic acids is 1. The summed E-state index contributed by atoms with van der Waals surface area (Å²) in [6, 6.07) is 0. The summed E-state index contributed by atoms with van der Waals surface area (Å²) < 4.78 is 42.8. The van der Waals surface area contributed by atoms with Crippen LogP contribution in [0.15, 0.2) is 0 Å². The molecule has 14 N–H and O–H groups in total. The maximum atomic E-state index is 12.3. The van der Waals surface area contributed by atoms with Gasteiger partial charge in [0.05, 0.1) is 88.6 Å². The van der Waals surface area contributed by atoms with Gasteiger partial charge in [-0.05, 0) is 187 Å². The van der Waals surface area contributed by atoms with E-state index in [1.54, 1.807) is 48.7 Å². The first-order valence-electron chi connectivity index (χ1n) is 53.5. The second-order valence-electron chi connectivity index (χ2n) is 45.1. The second kappa shape index (κ2) is 122. The van der Waals surface area contributed by atoms with Crippen molar-refractivity contribution in [3.63, 3.8) is 0 Å². The Hall–Kier alpha value is -3.19. The molecule has 0 aliphatic heterocycles. The minimum absolute atomic E-state index is 0.00463. The molecule has 1 unspecified atom stereocenters. The van der Waals surface area contributed by atoms with Crippen molar-refractivity contribution < 1.29 is 118 Å². The van der Waals surface area contributed by atoms with E-state index in [0.29, 0.717) is 79.0 Å². The summed E-state index contributed by atoms with van der Waals surface area (Å²) in [4.78, 5) is 53.2. The number of likely N-dealkylation sites (N-methyl/N-ethyl adjacent to an activating group) is 1. The monoisotopic (exact) mass is 2060 g/mol. The number of halogens is 2. The number of carbonyl (C=O) groups excluding carboxylic acids is 4. The summed E-state index contributed by atoms with van der Waals surface area (Å²) in [6.07, 6.45) is 5.80. The van der Waals surface area contributed by atoms with Gasteiger partial charge in [-0.25, -0.2) is 8.78 Å². The number of aliphatic hydroxyl groups is 12. The summed E-state index contributed by atoms with van der Waals surface area (Å²) >= 11 is 0. The second-order valence-corrected chi connectivity index (χ2v) is 45.1. The van der Waals surface area contributed by atoms with Gasteiger partial charge in [0.2, 0.25) is 5.92 Å². The molecule has 0 spiro atoms. The molecule has 0 bridgehead atoms. The molecule has 876 valence electrons. The number of carbonyl (C=O) groups is 5. The molecule has 0 aliphatic carbocycles. The van der Waals surface area contributed by atoms with Crippen LogP contribution in [0, 0.1) is 136 Å². The van der Waals surface area contributed by atoms with Gasteiger partial charge in [0.1, 0.15) is 11.4 Å². The zero-order valence-corrected chi connectivity index (χ0v) is 105. The maximum Gasteiger partial charge on any atom is 0.308 e. The third kappa shape index (κ3) is 192. The van der Waals surface area contributed by atoms with Gasteiger partial charge in [-0.2, -0.15) is 0 Å². The number of esters is 3. The van der Waals surface area contributed by atoms with E-state index >= 15 is 0 Å². The molecule has 0 amide bonds. The molecule has 0 fully saturated rings. The number of rotatable bonds is 36. The van der Waals surface area contributed by atoms with Crippen LogP contribution in [0.5, 0.6) is 0 Å². The number of hydrogen-bond acceptors (Lipinski definition) is 23. The number of hydrogen-bond donors (Lipinski definition) is 14. The summed E-state index contributed by atoms with van der Waals surface area (Å²) in [5.74, 6) is 5.93. The molecule has 0 heterocycles. The molecule has 0 rings (SSSR count). The topological polar surface area (TPSA) is 401 Å². The Morgan fingerprint density at radius 3 is 0.716 bits per heavy atom. The van der Waals surface area contributed by atoms with E-state index in [0.717, 1.165) is 80.9 Å². The molecule has 24 nitrogen and oxygen atoms in total. The van der Waals surface area contributed by atoms with Crippen molar-refractivity contribution >= 4 is 29.7 Å². The largest absolute Gasteiger partial charge is 0.481 e. The normalized spacial score (nSPS) is 12.4. The van der Waals surface area contributed by atoms with Crippen LogP contribution in [0.25, 0.3) is 0 Å². The molecule has 141 heavy (non-hydrogen) atoms. The molecular formula is C115H260F2N2O22. The highest BCUT2D eigenvalue weighted by Crippen LogP contribution is 2.27. The fourth-order valence-electron chi connectivity index (χ4n) is 5.77. The average Bonchev–Trinajstić information content (AvgIpc) is 0.902. The predicted molar refractivity (Wildman–Crippen MR) is 605 cm³/mol. The predicted octanol–water partition coefficient (Wildman–Crippen LogP) is 25.7. The first kappa shape index (κ1) is 186. The van der Waals surface area contributed by atoms with Gasteiger partial charge in [0.15, 0.2) is 0 Å². The average molecular weight is 2060 g/mol. The van der Waals surface area contributed by atoms with Gasteiger partial charge in [-0.3, -0.25) is 24.0 Å². The van der Waals surface area contributed by atoms with E-state index in [1.807, 2.05) is 178 Å². The highest BCUT2D eigenvalue weighted by atomic mass is 19.3. The fourth-order valence-corrected chi connectivity index (χ4v) is 5.77. The van der Waals surface area contributed by atoms with E-state index in [1.165, 1.54) is 47.8 Å². The minimum Gasteiger partial charge on any atom is -0.481 e. The van der Waals surface area contributed by atoms with E-state index in [9.17, 15) is 53.2 Å². The Morgan fingerprint density at radius 1 is 0.383 bits per heavy atom. The Balaban J connectivity index is -0.0000000608. The van der Waals surface area contributed by atoms with E-state index in [4.69, 9.17) is 50.7 Å². The number of alkyl halides is 2. The van der Waals surface area contributed by atoms with Gasteiger partial charge in [-0.1, -0.05) is 372 Å². The lowest BCUT2D eigenvalue weighted by Crippen LogP contribution is -2.42. The molecular weight excluding hydrogens is 1800 g/mol. The SMILES string of the molecule is CC(=O)C(C)C.CC(C)C(C)(C)C.CC(C)C(C)C.CC(C)C(O)(CO)CO.CC(C)CC(=O)O.CC(C)CCO.CC(C)[C@@H](O)CO.CC(C)[C@H](O)CN(C)C.CC(C)[C@H](O)CO.CCC(C)C.CCC(C)C.CCC(CO)C(C)C.CCC(F)(F)C(C)C.CCOC(=O)C(C)C.CC[C@@](C)(O)C(C)C.CC[C@](C)(O)C(C)C.CNCC(C)C.COC(=O)C(C)C.COC(=O)CC(C)C.COCC(C)C. The van der Waals surface area contributed by atoms with E-state index < -0.39 is 46.8 Å². The van der Waals surface area contributed by atoms with Crippen LogP contribution in [0.4, 0.5) is 8.78 Å². The lowest BCUT2D eigenvalue weighted by molar-refractivity contribution is -0.147. The smallest absolute Gasteiger partial charge is 0.308 e. The van der Waals surface area contributed by atoms with Crippen molar-refractivity contribution in [1.82, 2.24) is 10.2 Å². The Kier molecular flexibility index (Phi) is 161. The molecule has 0 radical (unpaired) electrons. The van der Waals surface area contributed by atoms with Crippen LogP contribution in [-0.4, -0.2) is 250 Å².